The minimum atomic E-state index is -0.234. The van der Waals surface area contributed by atoms with Crippen LogP contribution in [-0.2, 0) is 11.3 Å². The van der Waals surface area contributed by atoms with Crippen molar-refractivity contribution < 1.29 is 13.9 Å². The van der Waals surface area contributed by atoms with Crippen molar-refractivity contribution in [3.63, 3.8) is 0 Å². The number of aryl methyl sites for hydroxylation is 1. The molecule has 26 heavy (non-hydrogen) atoms. The summed E-state index contributed by atoms with van der Waals surface area (Å²) in [6.07, 6.45) is 3.16. The lowest BCUT2D eigenvalue weighted by Gasteiger charge is -2.31. The lowest BCUT2D eigenvalue weighted by Crippen LogP contribution is -2.37. The highest BCUT2D eigenvalue weighted by Crippen LogP contribution is 2.38. The number of nitrogen functional groups attached to an aromatic ring is 1. The van der Waals surface area contributed by atoms with Gasteiger partial charge in [-0.05, 0) is 48.4 Å². The zero-order valence-corrected chi connectivity index (χ0v) is 14.3. The van der Waals surface area contributed by atoms with Crippen molar-refractivity contribution in [3.8, 4) is 5.75 Å². The number of carbonyl (C=O) groups excluding carboxylic acids is 1. The van der Waals surface area contributed by atoms with Crippen molar-refractivity contribution in [3.05, 3.63) is 83.5 Å². The van der Waals surface area contributed by atoms with E-state index in [-0.39, 0.29) is 11.7 Å². The number of benzene rings is 2. The number of furan rings is 1. The summed E-state index contributed by atoms with van der Waals surface area (Å²) in [6, 6.07) is 16.8. The van der Waals surface area contributed by atoms with Gasteiger partial charge < -0.3 is 14.9 Å². The molecule has 1 aliphatic heterocycles. The average Bonchev–Trinajstić information content (AvgIpc) is 3.14. The number of carbonyl (C=O) groups is 1. The van der Waals surface area contributed by atoms with E-state index in [4.69, 9.17) is 14.9 Å². The van der Waals surface area contributed by atoms with E-state index in [2.05, 4.69) is 0 Å². The van der Waals surface area contributed by atoms with E-state index in [1.165, 1.54) is 0 Å². The van der Waals surface area contributed by atoms with Crippen LogP contribution in [0.25, 0.3) is 6.08 Å². The first kappa shape index (κ1) is 16.0. The number of fused-ring (bicyclic) bond motifs is 1. The summed E-state index contributed by atoms with van der Waals surface area (Å²) >= 11 is 0. The molecule has 0 saturated heterocycles. The third-order valence-electron chi connectivity index (χ3n) is 4.36. The van der Waals surface area contributed by atoms with Gasteiger partial charge >= 0.3 is 0 Å². The first-order chi connectivity index (χ1) is 12.6. The van der Waals surface area contributed by atoms with Crippen LogP contribution in [0.5, 0.6) is 5.75 Å². The number of amides is 1. The maximum Gasteiger partial charge on any atom is 0.294 e. The Morgan fingerprint density at radius 3 is 2.73 bits per heavy atom. The fourth-order valence-electron chi connectivity index (χ4n) is 2.94. The van der Waals surface area contributed by atoms with Crippen molar-refractivity contribution in [2.24, 2.45) is 0 Å². The lowest BCUT2D eigenvalue weighted by molar-refractivity contribution is -0.117. The van der Waals surface area contributed by atoms with Gasteiger partial charge in [-0.2, -0.15) is 0 Å². The Kier molecular flexibility index (Phi) is 3.97. The molecule has 2 N–H and O–H groups in total. The Balaban J connectivity index is 1.78. The van der Waals surface area contributed by atoms with Gasteiger partial charge in [0.15, 0.2) is 11.5 Å². The Morgan fingerprint density at radius 2 is 1.96 bits per heavy atom. The van der Waals surface area contributed by atoms with Crippen LogP contribution in [0.4, 0.5) is 11.4 Å². The first-order valence-electron chi connectivity index (χ1n) is 8.31. The average molecular weight is 346 g/mol. The van der Waals surface area contributed by atoms with Gasteiger partial charge in [0, 0.05) is 11.8 Å². The molecule has 4 rings (SSSR count). The van der Waals surface area contributed by atoms with Crippen molar-refractivity contribution >= 4 is 23.4 Å². The number of nitrogens with two attached hydrogens (primary N) is 1. The molecule has 0 bridgehead atoms. The standard InChI is InChI=1S/C21H18N2O3/c1-14-5-2-3-6-15(14)13-23-18-11-16(22)8-9-19(18)26-20(21(23)24)12-17-7-4-10-25-17/h2-12H,13,22H2,1H3/b20-12+. The Hall–Kier alpha value is -3.47. The van der Waals surface area contributed by atoms with Crippen LogP contribution in [-0.4, -0.2) is 5.91 Å². The predicted octanol–water partition coefficient (Wildman–Crippen LogP) is 4.14. The van der Waals surface area contributed by atoms with E-state index in [1.807, 2.05) is 31.2 Å². The summed E-state index contributed by atoms with van der Waals surface area (Å²) in [5, 5.41) is 0. The molecule has 0 fully saturated rings. The van der Waals surface area contributed by atoms with Crippen LogP contribution in [0.1, 0.15) is 16.9 Å². The summed E-state index contributed by atoms with van der Waals surface area (Å²) < 4.78 is 11.1. The normalized spacial score (nSPS) is 15.0. The number of rotatable bonds is 3. The number of anilines is 2. The van der Waals surface area contributed by atoms with Crippen LogP contribution in [0.15, 0.2) is 71.0 Å². The van der Waals surface area contributed by atoms with Crippen molar-refractivity contribution in [1.82, 2.24) is 0 Å². The van der Waals surface area contributed by atoms with Crippen molar-refractivity contribution in [2.45, 2.75) is 13.5 Å². The maximum absolute atomic E-state index is 13.1. The van der Waals surface area contributed by atoms with E-state index in [0.29, 0.717) is 29.4 Å². The van der Waals surface area contributed by atoms with Gasteiger partial charge in [0.25, 0.3) is 5.91 Å². The third kappa shape index (κ3) is 2.95. The molecule has 1 amide bonds. The molecule has 1 aromatic heterocycles. The molecular formula is C21H18N2O3. The minimum Gasteiger partial charge on any atom is -0.465 e. The number of nitrogens with zero attached hydrogens (tertiary/aromatic N) is 1. The second kappa shape index (κ2) is 6.44. The van der Waals surface area contributed by atoms with Gasteiger partial charge in [0.1, 0.15) is 5.76 Å². The highest BCUT2D eigenvalue weighted by molar-refractivity contribution is 6.09. The largest absolute Gasteiger partial charge is 0.465 e. The molecule has 0 spiro atoms. The molecule has 2 heterocycles. The van der Waals surface area contributed by atoms with Gasteiger partial charge in [-0.3, -0.25) is 9.69 Å². The van der Waals surface area contributed by atoms with Gasteiger partial charge in [0.05, 0.1) is 18.5 Å². The van der Waals surface area contributed by atoms with Crippen LogP contribution in [0, 0.1) is 6.92 Å². The van der Waals surface area contributed by atoms with Gasteiger partial charge in [-0.1, -0.05) is 24.3 Å². The maximum atomic E-state index is 13.1. The molecule has 130 valence electrons. The van der Waals surface area contributed by atoms with E-state index in [0.717, 1.165) is 11.1 Å². The van der Waals surface area contributed by atoms with E-state index in [9.17, 15) is 4.79 Å². The molecule has 5 nitrogen and oxygen atoms in total. The Bertz CT molecular complexity index is 990. The molecule has 2 aromatic carbocycles. The second-order valence-electron chi connectivity index (χ2n) is 6.17. The number of hydrogen-bond donors (Lipinski definition) is 1. The highest BCUT2D eigenvalue weighted by atomic mass is 16.5. The molecular weight excluding hydrogens is 328 g/mol. The lowest BCUT2D eigenvalue weighted by atomic mass is 10.1. The number of ether oxygens (including phenoxy) is 1. The van der Waals surface area contributed by atoms with Gasteiger partial charge in [-0.15, -0.1) is 0 Å². The van der Waals surface area contributed by atoms with E-state index < -0.39 is 0 Å². The van der Waals surface area contributed by atoms with Crippen LogP contribution in [0.2, 0.25) is 0 Å². The molecule has 0 atom stereocenters. The summed E-state index contributed by atoms with van der Waals surface area (Å²) in [5.74, 6) is 1.13. The predicted molar refractivity (Wildman–Crippen MR) is 101 cm³/mol. The Morgan fingerprint density at radius 1 is 1.12 bits per heavy atom. The van der Waals surface area contributed by atoms with Crippen molar-refractivity contribution in [2.75, 3.05) is 10.6 Å². The molecule has 0 unspecified atom stereocenters. The van der Waals surface area contributed by atoms with Gasteiger partial charge in [0.2, 0.25) is 0 Å². The topological polar surface area (TPSA) is 68.7 Å². The fourth-order valence-corrected chi connectivity index (χ4v) is 2.94. The van der Waals surface area contributed by atoms with Crippen LogP contribution >= 0.6 is 0 Å². The molecule has 0 aliphatic carbocycles. The fraction of sp³-hybridized carbons (Fsp3) is 0.0952. The monoisotopic (exact) mass is 346 g/mol. The first-order valence-corrected chi connectivity index (χ1v) is 8.31. The number of hydrogen-bond acceptors (Lipinski definition) is 4. The molecule has 1 aliphatic rings. The molecule has 0 saturated carbocycles. The van der Waals surface area contributed by atoms with Crippen molar-refractivity contribution in [1.29, 1.82) is 0 Å². The minimum absolute atomic E-state index is 0.214. The Labute approximate surface area is 151 Å². The summed E-state index contributed by atoms with van der Waals surface area (Å²) in [7, 11) is 0. The molecule has 5 heteroatoms. The molecule has 3 aromatic rings. The smallest absolute Gasteiger partial charge is 0.294 e. The van der Waals surface area contributed by atoms with Gasteiger partial charge in [-0.25, -0.2) is 0 Å². The van der Waals surface area contributed by atoms with Crippen LogP contribution in [0.3, 0.4) is 0 Å². The summed E-state index contributed by atoms with van der Waals surface area (Å²) in [6.45, 7) is 2.46. The highest BCUT2D eigenvalue weighted by Gasteiger charge is 2.31. The second-order valence-corrected chi connectivity index (χ2v) is 6.17. The molecule has 0 radical (unpaired) electrons. The SMILES string of the molecule is Cc1ccccc1CN1C(=O)/C(=C\c2ccco2)Oc2ccc(N)cc21. The van der Waals surface area contributed by atoms with E-state index >= 15 is 0 Å². The van der Waals surface area contributed by atoms with Crippen LogP contribution < -0.4 is 15.4 Å². The summed E-state index contributed by atoms with van der Waals surface area (Å²) in [5.41, 5.74) is 9.36. The third-order valence-corrected chi connectivity index (χ3v) is 4.36. The van der Waals surface area contributed by atoms with E-state index in [1.54, 1.807) is 47.6 Å². The summed E-state index contributed by atoms with van der Waals surface area (Å²) in [4.78, 5) is 14.8. The quantitative estimate of drug-likeness (QED) is 0.572. The zero-order chi connectivity index (χ0) is 18.1. The zero-order valence-electron chi connectivity index (χ0n) is 14.3.